The molecule has 18 heavy (non-hydrogen) atoms. The molecule has 1 aromatic heterocycles. The zero-order valence-electron chi connectivity index (χ0n) is 10.7. The van der Waals surface area contributed by atoms with Crippen LogP contribution in [0.2, 0.25) is 0 Å². The molecule has 104 valence electrons. The van der Waals surface area contributed by atoms with E-state index >= 15 is 0 Å². The zero-order valence-corrected chi connectivity index (χ0v) is 13.9. The average Bonchev–Trinajstić information content (AvgIpc) is 2.70. The number of thiophene rings is 1. The molecule has 0 bridgehead atoms. The van der Waals surface area contributed by atoms with Gasteiger partial charge < -0.3 is 10.6 Å². The van der Waals surface area contributed by atoms with Crippen molar-refractivity contribution in [2.75, 3.05) is 6.54 Å². The largest absolute Gasteiger partial charge is 0.354 e. The van der Waals surface area contributed by atoms with E-state index < -0.39 is 0 Å². The molecular formula is C12H20BrClN2OS. The molecule has 0 aliphatic carbocycles. The van der Waals surface area contributed by atoms with Crippen LogP contribution in [0.4, 0.5) is 0 Å². The van der Waals surface area contributed by atoms with Gasteiger partial charge in [-0.05, 0) is 35.3 Å². The molecule has 6 heteroatoms. The van der Waals surface area contributed by atoms with Crippen molar-refractivity contribution in [1.29, 1.82) is 0 Å². The minimum Gasteiger partial charge on any atom is -0.354 e. The highest BCUT2D eigenvalue weighted by molar-refractivity contribution is 9.10. The molecule has 1 aromatic rings. The SMILES string of the molecule is CCC(C)NC(=O)CCNCc1cc(Br)cs1.Cl. The van der Waals surface area contributed by atoms with E-state index in [2.05, 4.69) is 44.9 Å². The van der Waals surface area contributed by atoms with Gasteiger partial charge in [0.1, 0.15) is 0 Å². The molecule has 0 saturated carbocycles. The van der Waals surface area contributed by atoms with Crippen LogP contribution in [0, 0.1) is 0 Å². The number of nitrogens with one attached hydrogen (secondary N) is 2. The number of halogens is 2. The third kappa shape index (κ3) is 7.36. The van der Waals surface area contributed by atoms with Crippen LogP contribution >= 0.6 is 39.7 Å². The summed E-state index contributed by atoms with van der Waals surface area (Å²) < 4.78 is 1.12. The Kier molecular flexibility index (Phi) is 9.73. The van der Waals surface area contributed by atoms with Crippen LogP contribution in [-0.2, 0) is 11.3 Å². The lowest BCUT2D eigenvalue weighted by Crippen LogP contribution is -2.33. The maximum Gasteiger partial charge on any atom is 0.221 e. The molecule has 0 saturated heterocycles. The van der Waals surface area contributed by atoms with Crippen molar-refractivity contribution in [3.63, 3.8) is 0 Å². The summed E-state index contributed by atoms with van der Waals surface area (Å²) in [5.41, 5.74) is 0. The molecule has 0 aliphatic heterocycles. The molecule has 1 heterocycles. The van der Waals surface area contributed by atoms with Gasteiger partial charge in [-0.3, -0.25) is 4.79 Å². The fourth-order valence-electron chi connectivity index (χ4n) is 1.31. The molecule has 0 aliphatic rings. The van der Waals surface area contributed by atoms with Crippen LogP contribution in [0.3, 0.4) is 0 Å². The van der Waals surface area contributed by atoms with Gasteiger partial charge in [0.2, 0.25) is 5.91 Å². The summed E-state index contributed by atoms with van der Waals surface area (Å²) in [6.45, 7) is 5.64. The van der Waals surface area contributed by atoms with Crippen LogP contribution in [0.5, 0.6) is 0 Å². The van der Waals surface area contributed by atoms with Crippen LogP contribution < -0.4 is 10.6 Å². The second kappa shape index (κ2) is 9.78. The second-order valence-corrected chi connectivity index (χ2v) is 5.95. The van der Waals surface area contributed by atoms with E-state index in [1.807, 2.05) is 6.92 Å². The minimum absolute atomic E-state index is 0. The van der Waals surface area contributed by atoms with Crippen LogP contribution in [0.1, 0.15) is 31.6 Å². The molecule has 0 fully saturated rings. The summed E-state index contributed by atoms with van der Waals surface area (Å²) in [5, 5.41) is 8.28. The highest BCUT2D eigenvalue weighted by Crippen LogP contribution is 2.19. The van der Waals surface area contributed by atoms with E-state index in [-0.39, 0.29) is 24.4 Å². The zero-order chi connectivity index (χ0) is 12.7. The normalized spacial score (nSPS) is 11.7. The Hall–Kier alpha value is -0.100. The topological polar surface area (TPSA) is 41.1 Å². The minimum atomic E-state index is 0. The molecule has 2 N–H and O–H groups in total. The Labute approximate surface area is 127 Å². The summed E-state index contributed by atoms with van der Waals surface area (Å²) in [5.74, 6) is 0.124. The average molecular weight is 356 g/mol. The number of carbonyl (C=O) groups is 1. The van der Waals surface area contributed by atoms with Gasteiger partial charge in [-0.1, -0.05) is 6.92 Å². The van der Waals surface area contributed by atoms with E-state index in [0.717, 1.165) is 24.0 Å². The van der Waals surface area contributed by atoms with Gasteiger partial charge in [0.05, 0.1) is 0 Å². The first-order valence-electron chi connectivity index (χ1n) is 5.84. The van der Waals surface area contributed by atoms with Crippen molar-refractivity contribution in [1.82, 2.24) is 10.6 Å². The number of rotatable bonds is 7. The van der Waals surface area contributed by atoms with E-state index in [1.165, 1.54) is 4.88 Å². The van der Waals surface area contributed by atoms with Crippen LogP contribution in [-0.4, -0.2) is 18.5 Å². The maximum atomic E-state index is 11.5. The molecule has 1 rings (SSSR count). The summed E-state index contributed by atoms with van der Waals surface area (Å²) in [6.07, 6.45) is 1.51. The summed E-state index contributed by atoms with van der Waals surface area (Å²) in [6, 6.07) is 2.37. The molecule has 0 radical (unpaired) electrons. The Morgan fingerprint density at radius 3 is 2.83 bits per heavy atom. The first-order valence-corrected chi connectivity index (χ1v) is 7.52. The van der Waals surface area contributed by atoms with Gasteiger partial charge >= 0.3 is 0 Å². The molecule has 0 aromatic carbocycles. The fraction of sp³-hybridized carbons (Fsp3) is 0.583. The van der Waals surface area contributed by atoms with Crippen molar-refractivity contribution in [2.24, 2.45) is 0 Å². The third-order valence-electron chi connectivity index (χ3n) is 2.47. The molecule has 1 amide bonds. The smallest absolute Gasteiger partial charge is 0.221 e. The predicted molar refractivity (Wildman–Crippen MR) is 83.5 cm³/mol. The molecule has 3 nitrogen and oxygen atoms in total. The lowest BCUT2D eigenvalue weighted by Gasteiger charge is -2.11. The highest BCUT2D eigenvalue weighted by atomic mass is 79.9. The van der Waals surface area contributed by atoms with Crippen molar-refractivity contribution >= 4 is 45.6 Å². The summed E-state index contributed by atoms with van der Waals surface area (Å²) >= 11 is 5.13. The van der Waals surface area contributed by atoms with Crippen LogP contribution in [0.25, 0.3) is 0 Å². The molecule has 1 unspecified atom stereocenters. The molecular weight excluding hydrogens is 336 g/mol. The second-order valence-electron chi connectivity index (χ2n) is 4.03. The Morgan fingerprint density at radius 1 is 1.56 bits per heavy atom. The fourth-order valence-corrected chi connectivity index (χ4v) is 2.73. The summed E-state index contributed by atoms with van der Waals surface area (Å²) in [7, 11) is 0. The first kappa shape index (κ1) is 17.9. The van der Waals surface area contributed by atoms with Gasteiger partial charge in [0.15, 0.2) is 0 Å². The quantitative estimate of drug-likeness (QED) is 0.737. The summed E-state index contributed by atoms with van der Waals surface area (Å²) in [4.78, 5) is 12.7. The highest BCUT2D eigenvalue weighted by Gasteiger charge is 2.04. The number of hydrogen-bond donors (Lipinski definition) is 2. The molecule has 0 spiro atoms. The molecule has 1 atom stereocenters. The van der Waals surface area contributed by atoms with Gasteiger partial charge in [0.25, 0.3) is 0 Å². The van der Waals surface area contributed by atoms with E-state index in [9.17, 15) is 4.79 Å². The van der Waals surface area contributed by atoms with E-state index in [4.69, 9.17) is 0 Å². The van der Waals surface area contributed by atoms with Crippen LogP contribution in [0.15, 0.2) is 15.9 Å². The lowest BCUT2D eigenvalue weighted by molar-refractivity contribution is -0.121. The first-order chi connectivity index (χ1) is 8.11. The Morgan fingerprint density at radius 2 is 2.28 bits per heavy atom. The van der Waals surface area contributed by atoms with Gasteiger partial charge in [0, 0.05) is 40.3 Å². The van der Waals surface area contributed by atoms with Gasteiger partial charge in [-0.15, -0.1) is 23.7 Å². The Bertz CT molecular complexity index is 360. The standard InChI is InChI=1S/C12H19BrN2OS.ClH/c1-3-9(2)15-12(16)4-5-14-7-11-6-10(13)8-17-11;/h6,8-9,14H,3-5,7H2,1-2H3,(H,15,16);1H. The van der Waals surface area contributed by atoms with Gasteiger partial charge in [-0.25, -0.2) is 0 Å². The number of hydrogen-bond acceptors (Lipinski definition) is 3. The predicted octanol–water partition coefficient (Wildman–Crippen LogP) is 3.33. The van der Waals surface area contributed by atoms with Gasteiger partial charge in [-0.2, -0.15) is 0 Å². The maximum absolute atomic E-state index is 11.5. The van der Waals surface area contributed by atoms with Crippen molar-refractivity contribution < 1.29 is 4.79 Å². The number of amides is 1. The van der Waals surface area contributed by atoms with Crippen molar-refractivity contribution in [2.45, 2.75) is 39.3 Å². The van der Waals surface area contributed by atoms with E-state index in [1.54, 1.807) is 11.3 Å². The van der Waals surface area contributed by atoms with E-state index in [0.29, 0.717) is 6.42 Å². The van der Waals surface area contributed by atoms with Crippen molar-refractivity contribution in [3.8, 4) is 0 Å². The monoisotopic (exact) mass is 354 g/mol. The lowest BCUT2D eigenvalue weighted by atomic mass is 10.2. The number of carbonyl (C=O) groups excluding carboxylic acids is 1. The Balaban J connectivity index is 0.00000289. The third-order valence-corrected chi connectivity index (χ3v) is 4.17. The van der Waals surface area contributed by atoms with Crippen molar-refractivity contribution in [3.05, 3.63) is 20.8 Å².